The van der Waals surface area contributed by atoms with E-state index in [1.165, 1.54) is 20.1 Å². The van der Waals surface area contributed by atoms with Gasteiger partial charge in [-0.15, -0.1) is 0 Å². The molecule has 1 amide bonds. The van der Waals surface area contributed by atoms with E-state index < -0.39 is 11.9 Å². The monoisotopic (exact) mass is 433 g/mol. The van der Waals surface area contributed by atoms with Crippen LogP contribution in [0.5, 0.6) is 11.5 Å². The van der Waals surface area contributed by atoms with Crippen molar-refractivity contribution in [3.05, 3.63) is 63.3 Å². The van der Waals surface area contributed by atoms with Gasteiger partial charge in [0, 0.05) is 6.92 Å². The summed E-state index contributed by atoms with van der Waals surface area (Å²) in [5.74, 6) is -0.751. The van der Waals surface area contributed by atoms with Crippen LogP contribution in [0.1, 0.15) is 23.6 Å². The van der Waals surface area contributed by atoms with Crippen molar-refractivity contribution in [2.45, 2.75) is 20.5 Å². The minimum absolute atomic E-state index is 0.231. The predicted octanol–water partition coefficient (Wildman–Crippen LogP) is 3.91. The molecular weight excluding hydrogens is 414 g/mol. The second kappa shape index (κ2) is 9.23. The van der Waals surface area contributed by atoms with Gasteiger partial charge in [0.1, 0.15) is 12.3 Å². The smallest absolute Gasteiger partial charge is 0.352 e. The maximum absolute atomic E-state index is 11.3. The van der Waals surface area contributed by atoms with Crippen LogP contribution in [0.3, 0.4) is 0 Å². The van der Waals surface area contributed by atoms with Gasteiger partial charge in [-0.1, -0.05) is 24.3 Å². The van der Waals surface area contributed by atoms with E-state index in [1.807, 2.05) is 31.2 Å². The Balaban J connectivity index is 2.32. The number of hydrogen-bond acceptors (Lipinski definition) is 4. The molecule has 0 aliphatic rings. The Morgan fingerprint density at radius 3 is 2.56 bits per heavy atom. The van der Waals surface area contributed by atoms with Crippen molar-refractivity contribution in [1.82, 2.24) is 5.32 Å². The quantitative estimate of drug-likeness (QED) is 0.646. The molecule has 0 atom stereocenters. The molecule has 142 valence electrons. The summed E-state index contributed by atoms with van der Waals surface area (Å²) in [6.45, 7) is 3.62. The molecule has 0 aliphatic carbocycles. The average Bonchev–Trinajstić information content (AvgIpc) is 2.60. The largest absolute Gasteiger partial charge is 0.493 e. The number of ether oxygens (including phenoxy) is 2. The second-order valence-corrected chi connectivity index (χ2v) is 6.65. The molecule has 27 heavy (non-hydrogen) atoms. The third-order valence-electron chi connectivity index (χ3n) is 3.74. The Bertz CT molecular complexity index is 892. The molecule has 7 heteroatoms. The number of aryl methyl sites for hydroxylation is 1. The van der Waals surface area contributed by atoms with Crippen molar-refractivity contribution in [2.75, 3.05) is 7.11 Å². The van der Waals surface area contributed by atoms with Crippen molar-refractivity contribution >= 4 is 33.9 Å². The van der Waals surface area contributed by atoms with Gasteiger partial charge in [-0.2, -0.15) is 0 Å². The highest BCUT2D eigenvalue weighted by atomic mass is 79.9. The fourth-order valence-electron chi connectivity index (χ4n) is 2.39. The molecule has 0 unspecified atom stereocenters. The molecule has 0 aromatic heterocycles. The van der Waals surface area contributed by atoms with Crippen LogP contribution in [0.4, 0.5) is 0 Å². The molecule has 2 aromatic carbocycles. The van der Waals surface area contributed by atoms with E-state index >= 15 is 0 Å². The van der Waals surface area contributed by atoms with Crippen molar-refractivity contribution in [1.29, 1.82) is 0 Å². The first-order valence-electron chi connectivity index (χ1n) is 8.09. The van der Waals surface area contributed by atoms with Gasteiger partial charge in [0.2, 0.25) is 5.91 Å². The zero-order valence-electron chi connectivity index (χ0n) is 15.2. The maximum Gasteiger partial charge on any atom is 0.352 e. The number of amides is 1. The van der Waals surface area contributed by atoms with E-state index in [4.69, 9.17) is 9.47 Å². The lowest BCUT2D eigenvalue weighted by Crippen LogP contribution is -2.24. The molecule has 0 fully saturated rings. The highest BCUT2D eigenvalue weighted by Gasteiger charge is 2.14. The Hall–Kier alpha value is -2.80. The van der Waals surface area contributed by atoms with Gasteiger partial charge in [-0.3, -0.25) is 4.79 Å². The summed E-state index contributed by atoms with van der Waals surface area (Å²) >= 11 is 3.44. The van der Waals surface area contributed by atoms with Crippen LogP contribution < -0.4 is 14.8 Å². The molecule has 0 radical (unpaired) electrons. The highest BCUT2D eigenvalue weighted by molar-refractivity contribution is 9.10. The van der Waals surface area contributed by atoms with Gasteiger partial charge in [-0.05, 0) is 57.8 Å². The summed E-state index contributed by atoms with van der Waals surface area (Å²) in [5, 5.41) is 11.5. The van der Waals surface area contributed by atoms with Crippen LogP contribution >= 0.6 is 15.9 Å². The molecule has 2 aromatic rings. The number of carboxylic acid groups (broad SMARTS) is 1. The van der Waals surface area contributed by atoms with Crippen molar-refractivity contribution in [3.8, 4) is 11.5 Å². The van der Waals surface area contributed by atoms with Crippen LogP contribution in [0, 0.1) is 6.92 Å². The minimum Gasteiger partial charge on any atom is -0.493 e. The van der Waals surface area contributed by atoms with Gasteiger partial charge < -0.3 is 19.9 Å². The molecule has 0 saturated carbocycles. The molecule has 0 spiro atoms. The highest BCUT2D eigenvalue weighted by Crippen LogP contribution is 2.37. The number of rotatable bonds is 7. The number of hydrogen-bond donors (Lipinski definition) is 2. The lowest BCUT2D eigenvalue weighted by molar-refractivity contribution is -0.134. The summed E-state index contributed by atoms with van der Waals surface area (Å²) in [6.07, 6.45) is 1.35. The van der Waals surface area contributed by atoms with Crippen molar-refractivity contribution in [3.63, 3.8) is 0 Å². The average molecular weight is 434 g/mol. The van der Waals surface area contributed by atoms with Crippen LogP contribution in [-0.4, -0.2) is 24.1 Å². The fourth-order valence-corrected chi connectivity index (χ4v) is 2.97. The molecule has 0 saturated heterocycles. The lowest BCUT2D eigenvalue weighted by Gasteiger charge is -2.15. The van der Waals surface area contributed by atoms with Crippen LogP contribution in [0.2, 0.25) is 0 Å². The number of carboxylic acids is 1. The lowest BCUT2D eigenvalue weighted by atomic mass is 10.1. The molecule has 2 N–H and O–H groups in total. The van der Waals surface area contributed by atoms with Crippen molar-refractivity contribution < 1.29 is 24.2 Å². The first-order chi connectivity index (χ1) is 12.8. The Labute approximate surface area is 165 Å². The number of nitrogens with one attached hydrogen (secondary N) is 1. The summed E-state index contributed by atoms with van der Waals surface area (Å²) in [4.78, 5) is 22.5. The second-order valence-electron chi connectivity index (χ2n) is 5.79. The minimum atomic E-state index is -1.24. The van der Waals surface area contributed by atoms with E-state index in [0.717, 1.165) is 11.1 Å². The summed E-state index contributed by atoms with van der Waals surface area (Å²) in [6, 6.07) is 11.2. The van der Waals surface area contributed by atoms with Crippen LogP contribution in [0.15, 0.2) is 46.6 Å². The van der Waals surface area contributed by atoms with Gasteiger partial charge in [0.25, 0.3) is 0 Å². The molecule has 6 nitrogen and oxygen atoms in total. The van der Waals surface area contributed by atoms with E-state index in [0.29, 0.717) is 28.1 Å². The number of carbonyl (C=O) groups excluding carboxylic acids is 1. The Kier molecular flexibility index (Phi) is 7.01. The summed E-state index contributed by atoms with van der Waals surface area (Å²) in [5.41, 5.74) is 2.47. The van der Waals surface area contributed by atoms with Gasteiger partial charge >= 0.3 is 5.97 Å². The number of methoxy groups -OCH3 is 1. The molecule has 0 bridgehead atoms. The zero-order valence-corrected chi connectivity index (χ0v) is 16.8. The Morgan fingerprint density at radius 1 is 1.26 bits per heavy atom. The van der Waals surface area contributed by atoms with Gasteiger partial charge in [0.05, 0.1) is 11.6 Å². The summed E-state index contributed by atoms with van der Waals surface area (Å²) < 4.78 is 11.9. The molecular formula is C20H20BrNO5. The maximum atomic E-state index is 11.3. The first-order valence-corrected chi connectivity index (χ1v) is 8.88. The van der Waals surface area contributed by atoms with Crippen LogP contribution in [0.25, 0.3) is 6.08 Å². The van der Waals surface area contributed by atoms with Crippen LogP contribution in [-0.2, 0) is 16.2 Å². The molecule has 0 aliphatic heterocycles. The topological polar surface area (TPSA) is 84.9 Å². The van der Waals surface area contributed by atoms with E-state index in [2.05, 4.69) is 21.2 Å². The third kappa shape index (κ3) is 5.59. The van der Waals surface area contributed by atoms with E-state index in [9.17, 15) is 14.7 Å². The van der Waals surface area contributed by atoms with Gasteiger partial charge in [0.15, 0.2) is 11.5 Å². The first kappa shape index (κ1) is 20.5. The standard InChI is InChI=1S/C20H20BrNO5/c1-12-6-4-5-7-15(12)11-27-19-16(21)8-14(10-18(19)26-3)9-17(20(24)25)22-13(2)23/h4-10H,11H2,1-3H3,(H,22,23)(H,24,25)/b17-9+. The van der Waals surface area contributed by atoms with Gasteiger partial charge in [-0.25, -0.2) is 4.79 Å². The van der Waals surface area contributed by atoms with E-state index in [1.54, 1.807) is 12.1 Å². The normalized spacial score (nSPS) is 11.0. The number of carbonyl (C=O) groups is 2. The summed E-state index contributed by atoms with van der Waals surface area (Å²) in [7, 11) is 1.50. The third-order valence-corrected chi connectivity index (χ3v) is 4.33. The number of benzene rings is 2. The number of aliphatic carboxylic acids is 1. The Morgan fingerprint density at radius 2 is 1.96 bits per heavy atom. The SMILES string of the molecule is COc1cc(/C=C(/NC(C)=O)C(=O)O)cc(Br)c1OCc1ccccc1C. The predicted molar refractivity (Wildman–Crippen MR) is 106 cm³/mol. The fraction of sp³-hybridized carbons (Fsp3) is 0.200. The van der Waals surface area contributed by atoms with Crippen molar-refractivity contribution in [2.24, 2.45) is 0 Å². The molecule has 0 heterocycles. The zero-order chi connectivity index (χ0) is 20.0. The van der Waals surface area contributed by atoms with E-state index in [-0.39, 0.29) is 5.70 Å². The molecule has 2 rings (SSSR count). The number of halogens is 1.